The quantitative estimate of drug-likeness (QED) is 0.677. The van der Waals surface area contributed by atoms with Crippen molar-refractivity contribution in [2.24, 2.45) is 0 Å². The van der Waals surface area contributed by atoms with Gasteiger partial charge in [0.15, 0.2) is 5.60 Å². The van der Waals surface area contributed by atoms with Crippen molar-refractivity contribution in [1.29, 1.82) is 0 Å². The maximum absolute atomic E-state index is 11.7. The van der Waals surface area contributed by atoms with Gasteiger partial charge in [-0.2, -0.15) is 0 Å². The van der Waals surface area contributed by atoms with E-state index in [4.69, 9.17) is 9.47 Å². The van der Waals surface area contributed by atoms with E-state index in [1.807, 2.05) is 0 Å². The highest BCUT2D eigenvalue weighted by atomic mass is 16.6. The third-order valence-corrected chi connectivity index (χ3v) is 2.70. The summed E-state index contributed by atoms with van der Waals surface area (Å²) in [6, 6.07) is 0.389. The Balaban J connectivity index is 1.96. The van der Waals surface area contributed by atoms with Crippen LogP contribution in [0.5, 0.6) is 0 Å². The van der Waals surface area contributed by atoms with Gasteiger partial charge in [-0.15, -0.1) is 0 Å². The van der Waals surface area contributed by atoms with E-state index >= 15 is 0 Å². The van der Waals surface area contributed by atoms with E-state index in [9.17, 15) is 4.79 Å². The third kappa shape index (κ3) is 1.69. The average molecular weight is 185 g/mol. The Hall–Kier alpha value is -0.610. The van der Waals surface area contributed by atoms with Crippen LogP contribution in [0, 0.1) is 0 Å². The number of hydrogen-bond acceptors (Lipinski definition) is 3. The molecule has 2 aliphatic rings. The van der Waals surface area contributed by atoms with Gasteiger partial charge in [-0.1, -0.05) is 0 Å². The summed E-state index contributed by atoms with van der Waals surface area (Å²) in [7, 11) is 1.57. The molecule has 4 nitrogen and oxygen atoms in total. The van der Waals surface area contributed by atoms with Gasteiger partial charge >= 0.3 is 0 Å². The second-order valence-corrected chi connectivity index (χ2v) is 3.75. The fourth-order valence-corrected chi connectivity index (χ4v) is 1.52. The standard InChI is InChI=1S/C9H15NO3/c1-12-9(4-5-13-6-9)8(11)10-7-2-3-7/h7H,2-6H2,1H3,(H,10,11). The van der Waals surface area contributed by atoms with Crippen LogP contribution >= 0.6 is 0 Å². The van der Waals surface area contributed by atoms with E-state index in [0.29, 0.717) is 25.7 Å². The van der Waals surface area contributed by atoms with Gasteiger partial charge in [-0.3, -0.25) is 4.79 Å². The molecule has 1 N–H and O–H groups in total. The van der Waals surface area contributed by atoms with Crippen LogP contribution in [0.25, 0.3) is 0 Å². The molecule has 0 radical (unpaired) electrons. The van der Waals surface area contributed by atoms with Crippen LogP contribution < -0.4 is 5.32 Å². The number of carbonyl (C=O) groups is 1. The van der Waals surface area contributed by atoms with Crippen molar-refractivity contribution in [3.63, 3.8) is 0 Å². The minimum absolute atomic E-state index is 0.00463. The van der Waals surface area contributed by atoms with E-state index < -0.39 is 5.60 Å². The van der Waals surface area contributed by atoms with Gasteiger partial charge in [-0.05, 0) is 12.8 Å². The van der Waals surface area contributed by atoms with Crippen molar-refractivity contribution in [3.8, 4) is 0 Å². The van der Waals surface area contributed by atoms with E-state index in [1.54, 1.807) is 7.11 Å². The Bertz CT molecular complexity index is 207. The highest BCUT2D eigenvalue weighted by Gasteiger charge is 2.44. The van der Waals surface area contributed by atoms with Gasteiger partial charge in [-0.25, -0.2) is 0 Å². The smallest absolute Gasteiger partial charge is 0.254 e. The van der Waals surface area contributed by atoms with Crippen molar-refractivity contribution in [2.45, 2.75) is 30.9 Å². The van der Waals surface area contributed by atoms with Gasteiger partial charge < -0.3 is 14.8 Å². The van der Waals surface area contributed by atoms with Crippen LogP contribution in [0.2, 0.25) is 0 Å². The van der Waals surface area contributed by atoms with Crippen molar-refractivity contribution in [3.05, 3.63) is 0 Å². The number of carbonyl (C=O) groups excluding carboxylic acids is 1. The molecule has 0 aromatic carbocycles. The molecule has 2 fully saturated rings. The predicted molar refractivity (Wildman–Crippen MR) is 46.3 cm³/mol. The largest absolute Gasteiger partial charge is 0.378 e. The maximum Gasteiger partial charge on any atom is 0.254 e. The van der Waals surface area contributed by atoms with Crippen LogP contribution in [-0.2, 0) is 14.3 Å². The molecule has 1 unspecified atom stereocenters. The van der Waals surface area contributed by atoms with E-state index in [1.165, 1.54) is 0 Å². The zero-order chi connectivity index (χ0) is 9.31. The molecule has 1 amide bonds. The van der Waals surface area contributed by atoms with Crippen molar-refractivity contribution in [1.82, 2.24) is 5.32 Å². The van der Waals surface area contributed by atoms with Crippen molar-refractivity contribution < 1.29 is 14.3 Å². The maximum atomic E-state index is 11.7. The molecule has 0 aromatic heterocycles. The minimum atomic E-state index is -0.706. The molecule has 2 rings (SSSR count). The van der Waals surface area contributed by atoms with Crippen LogP contribution in [0.15, 0.2) is 0 Å². The molecule has 0 spiro atoms. The first-order valence-electron chi connectivity index (χ1n) is 4.71. The zero-order valence-corrected chi connectivity index (χ0v) is 7.84. The summed E-state index contributed by atoms with van der Waals surface area (Å²) in [5.41, 5.74) is -0.706. The van der Waals surface area contributed by atoms with Crippen LogP contribution in [-0.4, -0.2) is 37.9 Å². The number of rotatable bonds is 3. The van der Waals surface area contributed by atoms with Gasteiger partial charge in [0.2, 0.25) is 0 Å². The highest BCUT2D eigenvalue weighted by Crippen LogP contribution is 2.25. The van der Waals surface area contributed by atoms with Crippen LogP contribution in [0.4, 0.5) is 0 Å². The van der Waals surface area contributed by atoms with Gasteiger partial charge in [0.05, 0.1) is 13.2 Å². The lowest BCUT2D eigenvalue weighted by molar-refractivity contribution is -0.143. The van der Waals surface area contributed by atoms with E-state index in [2.05, 4.69) is 5.32 Å². The number of ether oxygens (including phenoxy) is 2. The molecule has 4 heteroatoms. The fourth-order valence-electron chi connectivity index (χ4n) is 1.52. The van der Waals surface area contributed by atoms with E-state index in [0.717, 1.165) is 12.8 Å². The molecular formula is C9H15NO3. The Morgan fingerprint density at radius 2 is 2.38 bits per heavy atom. The number of amides is 1. The van der Waals surface area contributed by atoms with Gasteiger partial charge in [0.25, 0.3) is 5.91 Å². The third-order valence-electron chi connectivity index (χ3n) is 2.70. The SMILES string of the molecule is COC1(C(=O)NC2CC2)CCOC1. The molecule has 1 aliphatic carbocycles. The lowest BCUT2D eigenvalue weighted by Gasteiger charge is -2.24. The molecule has 0 bridgehead atoms. The molecular weight excluding hydrogens is 170 g/mol. The molecule has 1 saturated carbocycles. The highest BCUT2D eigenvalue weighted by molar-refractivity contribution is 5.86. The average Bonchev–Trinajstić information content (AvgIpc) is 2.83. The first-order chi connectivity index (χ1) is 6.27. The van der Waals surface area contributed by atoms with Crippen LogP contribution in [0.1, 0.15) is 19.3 Å². The van der Waals surface area contributed by atoms with E-state index in [-0.39, 0.29) is 5.91 Å². The second kappa shape index (κ2) is 3.27. The zero-order valence-electron chi connectivity index (χ0n) is 7.84. The van der Waals surface area contributed by atoms with Gasteiger partial charge in [0.1, 0.15) is 0 Å². The fraction of sp³-hybridized carbons (Fsp3) is 0.889. The lowest BCUT2D eigenvalue weighted by atomic mass is 10.0. The first-order valence-corrected chi connectivity index (χ1v) is 4.71. The Morgan fingerprint density at radius 3 is 2.85 bits per heavy atom. The summed E-state index contributed by atoms with van der Waals surface area (Å²) in [6.07, 6.45) is 2.88. The number of methoxy groups -OCH3 is 1. The van der Waals surface area contributed by atoms with Crippen molar-refractivity contribution in [2.75, 3.05) is 20.3 Å². The molecule has 1 heterocycles. The lowest BCUT2D eigenvalue weighted by Crippen LogP contribution is -2.49. The molecule has 1 saturated heterocycles. The normalized spacial score (nSPS) is 33.3. The Labute approximate surface area is 77.6 Å². The summed E-state index contributed by atoms with van der Waals surface area (Å²) in [5, 5.41) is 2.94. The topological polar surface area (TPSA) is 47.6 Å². The summed E-state index contributed by atoms with van der Waals surface area (Å²) >= 11 is 0. The number of nitrogens with one attached hydrogen (secondary N) is 1. The minimum Gasteiger partial charge on any atom is -0.378 e. The second-order valence-electron chi connectivity index (χ2n) is 3.75. The molecule has 13 heavy (non-hydrogen) atoms. The molecule has 0 aromatic rings. The summed E-state index contributed by atoms with van der Waals surface area (Å²) in [5.74, 6) is -0.00463. The molecule has 74 valence electrons. The van der Waals surface area contributed by atoms with Crippen LogP contribution in [0.3, 0.4) is 0 Å². The molecule has 1 atom stereocenters. The predicted octanol–water partition coefficient (Wildman–Crippen LogP) is 0.0705. The summed E-state index contributed by atoms with van der Waals surface area (Å²) in [4.78, 5) is 11.7. The molecule has 1 aliphatic heterocycles. The monoisotopic (exact) mass is 185 g/mol. The van der Waals surface area contributed by atoms with Crippen molar-refractivity contribution >= 4 is 5.91 Å². The van der Waals surface area contributed by atoms with Gasteiger partial charge in [0, 0.05) is 19.6 Å². The first kappa shape index (κ1) is 8.97. The summed E-state index contributed by atoms with van der Waals surface area (Å²) in [6.45, 7) is 1.01. The summed E-state index contributed by atoms with van der Waals surface area (Å²) < 4.78 is 10.4. The Morgan fingerprint density at radius 1 is 1.62 bits per heavy atom. The Kier molecular flexibility index (Phi) is 2.26. The number of hydrogen-bond donors (Lipinski definition) is 1.